The molecule has 0 atom stereocenters. The van der Waals surface area contributed by atoms with Crippen molar-refractivity contribution in [3.05, 3.63) is 24.5 Å². The van der Waals surface area contributed by atoms with Crippen LogP contribution in [0.5, 0.6) is 0 Å². The number of hydrogen-bond donors (Lipinski definition) is 1. The van der Waals surface area contributed by atoms with Crippen LogP contribution in [-0.2, 0) is 6.54 Å². The third-order valence-electron chi connectivity index (χ3n) is 2.33. The average Bonchev–Trinajstić information content (AvgIpc) is 2.85. The fourth-order valence-corrected chi connectivity index (χ4v) is 1.45. The second kappa shape index (κ2) is 5.83. The van der Waals surface area contributed by atoms with E-state index in [0.717, 1.165) is 31.4 Å². The van der Waals surface area contributed by atoms with Gasteiger partial charge in [-0.25, -0.2) is 0 Å². The molecule has 0 saturated carbocycles. The van der Waals surface area contributed by atoms with Crippen molar-refractivity contribution >= 4 is 6.21 Å². The minimum Gasteiger partial charge on any atom is -0.313 e. The summed E-state index contributed by atoms with van der Waals surface area (Å²) < 4.78 is 0. The van der Waals surface area contributed by atoms with Gasteiger partial charge in [0.1, 0.15) is 0 Å². The van der Waals surface area contributed by atoms with Crippen LogP contribution in [0.2, 0.25) is 0 Å². The van der Waals surface area contributed by atoms with Crippen LogP contribution in [-0.4, -0.2) is 31.4 Å². The van der Waals surface area contributed by atoms with Crippen molar-refractivity contribution in [3.8, 4) is 11.4 Å². The van der Waals surface area contributed by atoms with E-state index in [0.29, 0.717) is 5.82 Å². The van der Waals surface area contributed by atoms with E-state index in [1.807, 2.05) is 12.1 Å². The van der Waals surface area contributed by atoms with Gasteiger partial charge in [0.05, 0.1) is 6.54 Å². The van der Waals surface area contributed by atoms with E-state index in [2.05, 4.69) is 20.4 Å². The van der Waals surface area contributed by atoms with Crippen molar-refractivity contribution < 1.29 is 0 Å². The van der Waals surface area contributed by atoms with E-state index in [4.69, 9.17) is 5.41 Å². The van der Waals surface area contributed by atoms with Crippen LogP contribution < -0.4 is 0 Å². The van der Waals surface area contributed by atoms with Crippen LogP contribution in [0.4, 0.5) is 0 Å². The molecule has 6 nitrogen and oxygen atoms in total. The van der Waals surface area contributed by atoms with Crippen LogP contribution >= 0.6 is 0 Å². The molecule has 0 spiro atoms. The van der Waals surface area contributed by atoms with Crippen molar-refractivity contribution in [1.29, 1.82) is 5.41 Å². The molecule has 0 amide bonds. The van der Waals surface area contributed by atoms with E-state index in [9.17, 15) is 0 Å². The van der Waals surface area contributed by atoms with Crippen molar-refractivity contribution in [1.82, 2.24) is 25.2 Å². The molecule has 17 heavy (non-hydrogen) atoms. The van der Waals surface area contributed by atoms with E-state index in [1.54, 1.807) is 17.2 Å². The normalized spacial score (nSPS) is 10.4. The lowest BCUT2D eigenvalue weighted by Gasteiger charge is -1.96. The largest absolute Gasteiger partial charge is 0.313 e. The quantitative estimate of drug-likeness (QED) is 0.603. The van der Waals surface area contributed by atoms with Gasteiger partial charge in [-0.15, -0.1) is 10.2 Å². The monoisotopic (exact) mass is 230 g/mol. The first-order valence-corrected chi connectivity index (χ1v) is 5.57. The Morgan fingerprint density at radius 1 is 1.35 bits per heavy atom. The Kier molecular flexibility index (Phi) is 3.90. The molecule has 2 rings (SSSR count). The zero-order valence-corrected chi connectivity index (χ0v) is 9.45. The van der Waals surface area contributed by atoms with Crippen LogP contribution in [0.25, 0.3) is 11.4 Å². The highest BCUT2D eigenvalue weighted by Crippen LogP contribution is 2.10. The lowest BCUT2D eigenvalue weighted by Crippen LogP contribution is -2.02. The summed E-state index contributed by atoms with van der Waals surface area (Å²) in [5.74, 6) is 0.602. The lowest BCUT2D eigenvalue weighted by molar-refractivity contribution is 0.492. The lowest BCUT2D eigenvalue weighted by atomic mass is 10.2. The Hall–Kier alpha value is -2.11. The summed E-state index contributed by atoms with van der Waals surface area (Å²) in [6.07, 6.45) is 7.60. The molecule has 0 unspecified atom stereocenters. The molecule has 2 aromatic heterocycles. The maximum atomic E-state index is 6.92. The summed E-state index contributed by atoms with van der Waals surface area (Å²) in [5, 5.41) is 19.2. The highest BCUT2D eigenvalue weighted by atomic mass is 15.6. The number of nitrogens with one attached hydrogen (secondary N) is 1. The standard InChI is InChI=1S/C11H14N6/c12-6-2-1-3-8-17-15-11(14-16-17)10-5-4-7-13-9-10/h4-7,9,12H,1-3,8H2. The van der Waals surface area contributed by atoms with E-state index >= 15 is 0 Å². The molecule has 0 radical (unpaired) electrons. The van der Waals surface area contributed by atoms with Gasteiger partial charge in [0.25, 0.3) is 0 Å². The molecule has 0 bridgehead atoms. The number of aryl methyl sites for hydroxylation is 1. The van der Waals surface area contributed by atoms with Crippen LogP contribution in [0.3, 0.4) is 0 Å². The molecule has 0 aliphatic rings. The fourth-order valence-electron chi connectivity index (χ4n) is 1.45. The fraction of sp³-hybridized carbons (Fsp3) is 0.364. The topological polar surface area (TPSA) is 80.3 Å². The van der Waals surface area contributed by atoms with Gasteiger partial charge in [-0.1, -0.05) is 0 Å². The first kappa shape index (κ1) is 11.4. The molecular weight excluding hydrogens is 216 g/mol. The number of nitrogens with zero attached hydrogens (tertiary/aromatic N) is 5. The number of aromatic nitrogens is 5. The molecule has 0 aliphatic carbocycles. The molecule has 2 heterocycles. The summed E-state index contributed by atoms with van der Waals surface area (Å²) in [6, 6.07) is 3.75. The smallest absolute Gasteiger partial charge is 0.206 e. The molecule has 0 aliphatic heterocycles. The van der Waals surface area contributed by atoms with Crippen molar-refractivity contribution in [2.24, 2.45) is 0 Å². The second-order valence-electron chi connectivity index (χ2n) is 3.65. The minimum absolute atomic E-state index is 0.602. The van der Waals surface area contributed by atoms with Gasteiger partial charge in [-0.05, 0) is 42.8 Å². The van der Waals surface area contributed by atoms with Crippen molar-refractivity contribution in [2.75, 3.05) is 0 Å². The molecule has 0 aromatic carbocycles. The zero-order chi connectivity index (χ0) is 11.9. The Labute approximate surface area is 99.2 Å². The van der Waals surface area contributed by atoms with Gasteiger partial charge < -0.3 is 5.41 Å². The Morgan fingerprint density at radius 3 is 3.06 bits per heavy atom. The molecule has 1 N–H and O–H groups in total. The highest BCUT2D eigenvalue weighted by Gasteiger charge is 2.04. The highest BCUT2D eigenvalue weighted by molar-refractivity contribution is 5.52. The minimum atomic E-state index is 0.602. The number of unbranched alkanes of at least 4 members (excludes halogenated alkanes) is 2. The Morgan fingerprint density at radius 2 is 2.29 bits per heavy atom. The first-order chi connectivity index (χ1) is 8.40. The van der Waals surface area contributed by atoms with Gasteiger partial charge >= 0.3 is 0 Å². The SMILES string of the molecule is N=CCCCCn1nnc(-c2cccnc2)n1. The summed E-state index contributed by atoms with van der Waals surface area (Å²) in [7, 11) is 0. The van der Waals surface area contributed by atoms with E-state index < -0.39 is 0 Å². The van der Waals surface area contributed by atoms with Crippen LogP contribution in [0.1, 0.15) is 19.3 Å². The van der Waals surface area contributed by atoms with Gasteiger partial charge in [-0.3, -0.25) is 4.98 Å². The zero-order valence-electron chi connectivity index (χ0n) is 9.45. The Bertz CT molecular complexity index is 464. The van der Waals surface area contributed by atoms with Gasteiger partial charge in [-0.2, -0.15) is 4.80 Å². The van der Waals surface area contributed by atoms with Crippen molar-refractivity contribution in [3.63, 3.8) is 0 Å². The predicted octanol–water partition coefficient (Wildman–Crippen LogP) is 1.55. The number of hydrogen-bond acceptors (Lipinski definition) is 5. The molecule has 88 valence electrons. The van der Waals surface area contributed by atoms with Crippen LogP contribution in [0.15, 0.2) is 24.5 Å². The van der Waals surface area contributed by atoms with Gasteiger partial charge in [0.15, 0.2) is 0 Å². The number of rotatable bonds is 6. The molecule has 6 heteroatoms. The summed E-state index contributed by atoms with van der Waals surface area (Å²) in [5.41, 5.74) is 0.873. The number of tetrazole rings is 1. The maximum Gasteiger partial charge on any atom is 0.206 e. The molecule has 0 fully saturated rings. The predicted molar refractivity (Wildman–Crippen MR) is 63.7 cm³/mol. The van der Waals surface area contributed by atoms with Crippen LogP contribution in [0, 0.1) is 5.41 Å². The third-order valence-corrected chi connectivity index (χ3v) is 2.33. The second-order valence-corrected chi connectivity index (χ2v) is 3.65. The molecular formula is C11H14N6. The summed E-state index contributed by atoms with van der Waals surface area (Å²) >= 11 is 0. The third kappa shape index (κ3) is 3.17. The summed E-state index contributed by atoms with van der Waals surface area (Å²) in [4.78, 5) is 5.60. The van der Waals surface area contributed by atoms with Gasteiger partial charge in [0.2, 0.25) is 5.82 Å². The molecule has 2 aromatic rings. The maximum absolute atomic E-state index is 6.92. The average molecular weight is 230 g/mol. The van der Waals surface area contributed by atoms with Gasteiger partial charge in [0, 0.05) is 18.0 Å². The molecule has 0 saturated heterocycles. The number of pyridine rings is 1. The van der Waals surface area contributed by atoms with Crippen molar-refractivity contribution in [2.45, 2.75) is 25.8 Å². The van der Waals surface area contributed by atoms with E-state index in [1.165, 1.54) is 6.21 Å². The first-order valence-electron chi connectivity index (χ1n) is 5.57. The van der Waals surface area contributed by atoms with E-state index in [-0.39, 0.29) is 0 Å². The summed E-state index contributed by atoms with van der Waals surface area (Å²) in [6.45, 7) is 0.737. The Balaban J connectivity index is 1.94.